The van der Waals surface area contributed by atoms with Crippen LogP contribution in [0.25, 0.3) is 0 Å². The van der Waals surface area contributed by atoms with Crippen LogP contribution in [0.5, 0.6) is 0 Å². The maximum Gasteiger partial charge on any atom is 0.246 e. The van der Waals surface area contributed by atoms with E-state index in [1.165, 1.54) is 30.6 Å². The number of carbonyl (C=O) groups is 2. The van der Waals surface area contributed by atoms with Gasteiger partial charge in [0.1, 0.15) is 0 Å². The normalized spacial score (nSPS) is 27.6. The number of likely N-dealkylation sites (N-methyl/N-ethyl adjacent to an activating group) is 1. The second-order valence-corrected chi connectivity index (χ2v) is 5.09. The fourth-order valence-electron chi connectivity index (χ4n) is 2.88. The second kappa shape index (κ2) is 5.63. The molecule has 1 aliphatic heterocycles. The monoisotopic (exact) mass is 238 g/mol. The van der Waals surface area contributed by atoms with Crippen molar-refractivity contribution in [3.05, 3.63) is 0 Å². The lowest BCUT2D eigenvalue weighted by atomic mass is 10.1. The summed E-state index contributed by atoms with van der Waals surface area (Å²) in [5.41, 5.74) is 0. The fraction of sp³-hybridized carbons (Fsp3) is 0.846. The summed E-state index contributed by atoms with van der Waals surface area (Å²) in [6.45, 7) is 2.35. The van der Waals surface area contributed by atoms with Crippen molar-refractivity contribution in [2.45, 2.75) is 64.0 Å². The highest BCUT2D eigenvalue weighted by Gasteiger charge is 2.38. The minimum atomic E-state index is -0.259. The number of nitrogens with zero attached hydrogens (tertiary/aromatic N) is 1. The number of carbonyl (C=O) groups excluding carboxylic acids is 2. The molecule has 1 heterocycles. The number of imide groups is 1. The molecule has 0 bridgehead atoms. The van der Waals surface area contributed by atoms with E-state index in [4.69, 9.17) is 0 Å². The van der Waals surface area contributed by atoms with Crippen molar-refractivity contribution in [3.8, 4) is 0 Å². The van der Waals surface area contributed by atoms with Gasteiger partial charge in [0.05, 0.1) is 12.5 Å². The van der Waals surface area contributed by atoms with Gasteiger partial charge in [0, 0.05) is 12.6 Å². The maximum atomic E-state index is 11.9. The Morgan fingerprint density at radius 1 is 1.18 bits per heavy atom. The van der Waals surface area contributed by atoms with Gasteiger partial charge in [-0.05, 0) is 19.8 Å². The summed E-state index contributed by atoms with van der Waals surface area (Å²) in [6, 6.07) is 0.168. The van der Waals surface area contributed by atoms with Crippen molar-refractivity contribution in [1.82, 2.24) is 10.2 Å². The molecule has 1 aliphatic carbocycles. The molecule has 0 radical (unpaired) electrons. The van der Waals surface area contributed by atoms with E-state index in [2.05, 4.69) is 5.32 Å². The topological polar surface area (TPSA) is 49.4 Å². The van der Waals surface area contributed by atoms with Crippen LogP contribution in [0, 0.1) is 0 Å². The van der Waals surface area contributed by atoms with Gasteiger partial charge >= 0.3 is 0 Å². The van der Waals surface area contributed by atoms with E-state index < -0.39 is 0 Å². The zero-order chi connectivity index (χ0) is 12.3. The number of rotatable bonds is 3. The molecule has 2 fully saturated rings. The molecule has 0 aromatic carbocycles. The Balaban J connectivity index is 1.90. The standard InChI is InChI=1S/C13H22N2O2/c1-2-15-12(16)9-11(13(15)17)14-10-7-5-3-4-6-8-10/h10-11,14H,2-9H2,1H3. The van der Waals surface area contributed by atoms with Gasteiger partial charge in [0.15, 0.2) is 0 Å². The largest absolute Gasteiger partial charge is 0.303 e. The van der Waals surface area contributed by atoms with Crippen LogP contribution < -0.4 is 5.32 Å². The Bertz CT molecular complexity index is 296. The van der Waals surface area contributed by atoms with Crippen LogP contribution in [-0.4, -0.2) is 35.3 Å². The van der Waals surface area contributed by atoms with Crippen LogP contribution in [-0.2, 0) is 9.59 Å². The SMILES string of the molecule is CCN1C(=O)CC(NC2CCCCCC2)C1=O. The lowest BCUT2D eigenvalue weighted by Gasteiger charge is -2.20. The Hall–Kier alpha value is -0.900. The van der Waals surface area contributed by atoms with Crippen molar-refractivity contribution in [3.63, 3.8) is 0 Å². The zero-order valence-corrected chi connectivity index (χ0v) is 10.6. The number of likely N-dealkylation sites (tertiary alicyclic amines) is 1. The highest BCUT2D eigenvalue weighted by atomic mass is 16.2. The van der Waals surface area contributed by atoms with E-state index in [1.54, 1.807) is 0 Å². The minimum absolute atomic E-state index is 0.0244. The zero-order valence-electron chi connectivity index (χ0n) is 10.6. The van der Waals surface area contributed by atoms with E-state index in [9.17, 15) is 9.59 Å². The van der Waals surface area contributed by atoms with E-state index in [0.717, 1.165) is 12.8 Å². The highest BCUT2D eigenvalue weighted by molar-refractivity contribution is 6.05. The molecule has 0 spiro atoms. The number of amides is 2. The molecule has 4 heteroatoms. The van der Waals surface area contributed by atoms with E-state index in [-0.39, 0.29) is 17.9 Å². The molecule has 1 saturated carbocycles. The van der Waals surface area contributed by atoms with Gasteiger partial charge in [0.25, 0.3) is 0 Å². The molecule has 96 valence electrons. The third-order valence-corrected chi connectivity index (χ3v) is 3.85. The van der Waals surface area contributed by atoms with E-state index in [0.29, 0.717) is 19.0 Å². The molecule has 1 saturated heterocycles. The minimum Gasteiger partial charge on any atom is -0.303 e. The third kappa shape index (κ3) is 2.86. The van der Waals surface area contributed by atoms with E-state index >= 15 is 0 Å². The summed E-state index contributed by atoms with van der Waals surface area (Å²) in [7, 11) is 0. The number of nitrogens with one attached hydrogen (secondary N) is 1. The first-order valence-electron chi connectivity index (χ1n) is 6.82. The Morgan fingerprint density at radius 3 is 2.35 bits per heavy atom. The maximum absolute atomic E-state index is 11.9. The average Bonchev–Trinajstić information content (AvgIpc) is 2.50. The summed E-state index contributed by atoms with van der Waals surface area (Å²) < 4.78 is 0. The van der Waals surface area contributed by atoms with Crippen molar-refractivity contribution in [1.29, 1.82) is 0 Å². The molecule has 1 unspecified atom stereocenters. The van der Waals surface area contributed by atoms with Crippen LogP contribution in [0.4, 0.5) is 0 Å². The van der Waals surface area contributed by atoms with Crippen LogP contribution >= 0.6 is 0 Å². The predicted molar refractivity (Wildman–Crippen MR) is 65.4 cm³/mol. The van der Waals surface area contributed by atoms with Gasteiger partial charge in [-0.3, -0.25) is 14.5 Å². The molecule has 17 heavy (non-hydrogen) atoms. The average molecular weight is 238 g/mol. The lowest BCUT2D eigenvalue weighted by Crippen LogP contribution is -2.43. The number of hydrogen-bond donors (Lipinski definition) is 1. The fourth-order valence-corrected chi connectivity index (χ4v) is 2.88. The van der Waals surface area contributed by atoms with Gasteiger partial charge in [0.2, 0.25) is 11.8 Å². The molecule has 1 N–H and O–H groups in total. The number of hydrogen-bond acceptors (Lipinski definition) is 3. The van der Waals surface area contributed by atoms with Crippen LogP contribution in [0.15, 0.2) is 0 Å². The van der Waals surface area contributed by atoms with Crippen molar-refractivity contribution in [2.75, 3.05) is 6.54 Å². The molecule has 1 atom stereocenters. The van der Waals surface area contributed by atoms with Crippen LogP contribution in [0.1, 0.15) is 51.9 Å². The molecule has 0 aromatic heterocycles. The van der Waals surface area contributed by atoms with Gasteiger partial charge < -0.3 is 5.32 Å². The molecule has 2 amide bonds. The van der Waals surface area contributed by atoms with Gasteiger partial charge in [-0.1, -0.05) is 25.7 Å². The second-order valence-electron chi connectivity index (χ2n) is 5.09. The van der Waals surface area contributed by atoms with Crippen molar-refractivity contribution >= 4 is 11.8 Å². The smallest absolute Gasteiger partial charge is 0.246 e. The first-order chi connectivity index (χ1) is 8.22. The molecule has 2 aliphatic rings. The summed E-state index contributed by atoms with van der Waals surface area (Å²) in [6.07, 6.45) is 7.72. The molecular weight excluding hydrogens is 216 g/mol. The highest BCUT2D eigenvalue weighted by Crippen LogP contribution is 2.20. The summed E-state index contributed by atoms with van der Waals surface area (Å²) in [5, 5.41) is 3.39. The summed E-state index contributed by atoms with van der Waals surface area (Å²) >= 11 is 0. The summed E-state index contributed by atoms with van der Waals surface area (Å²) in [5.74, 6) is -0.0506. The molecular formula is C13H22N2O2. The van der Waals surface area contributed by atoms with E-state index in [1.807, 2.05) is 6.92 Å². The summed E-state index contributed by atoms with van der Waals surface area (Å²) in [4.78, 5) is 24.9. The first kappa shape index (κ1) is 12.6. The van der Waals surface area contributed by atoms with Crippen LogP contribution in [0.3, 0.4) is 0 Å². The van der Waals surface area contributed by atoms with Gasteiger partial charge in [-0.2, -0.15) is 0 Å². The van der Waals surface area contributed by atoms with Crippen LogP contribution in [0.2, 0.25) is 0 Å². The van der Waals surface area contributed by atoms with Crippen molar-refractivity contribution < 1.29 is 9.59 Å². The molecule has 2 rings (SSSR count). The quantitative estimate of drug-likeness (QED) is 0.598. The lowest BCUT2D eigenvalue weighted by molar-refractivity contribution is -0.138. The third-order valence-electron chi connectivity index (χ3n) is 3.85. The predicted octanol–water partition coefficient (Wildman–Crippen LogP) is 1.45. The van der Waals surface area contributed by atoms with Gasteiger partial charge in [-0.25, -0.2) is 0 Å². The molecule has 0 aromatic rings. The molecule has 4 nitrogen and oxygen atoms in total. The first-order valence-corrected chi connectivity index (χ1v) is 6.82. The van der Waals surface area contributed by atoms with Crippen molar-refractivity contribution in [2.24, 2.45) is 0 Å². The Kier molecular flexibility index (Phi) is 4.15. The van der Waals surface area contributed by atoms with Gasteiger partial charge in [-0.15, -0.1) is 0 Å². The Labute approximate surface area is 103 Å². The Morgan fingerprint density at radius 2 is 1.82 bits per heavy atom.